The molecule has 15 heavy (non-hydrogen) atoms. The summed E-state index contributed by atoms with van der Waals surface area (Å²) in [6, 6.07) is 8.51. The molecule has 1 fully saturated rings. The Balaban J connectivity index is 2.04. The molecule has 2 unspecified atom stereocenters. The van der Waals surface area contributed by atoms with Crippen LogP contribution in [0.5, 0.6) is 0 Å². The summed E-state index contributed by atoms with van der Waals surface area (Å²) in [5.74, 6) is 0.474. The Hall–Kier alpha value is -0.530. The van der Waals surface area contributed by atoms with Crippen LogP contribution in [-0.2, 0) is 11.2 Å². The van der Waals surface area contributed by atoms with E-state index in [1.54, 1.807) is 0 Å². The lowest BCUT2D eigenvalue weighted by atomic mass is 9.92. The van der Waals surface area contributed by atoms with E-state index in [1.165, 1.54) is 11.1 Å². The van der Waals surface area contributed by atoms with Gasteiger partial charge in [-0.1, -0.05) is 24.3 Å². The van der Waals surface area contributed by atoms with Crippen LogP contribution in [0.3, 0.4) is 0 Å². The number of hydrogen-bond acceptors (Lipinski definition) is 1. The quantitative estimate of drug-likeness (QED) is 0.702. The van der Waals surface area contributed by atoms with Gasteiger partial charge in [0.15, 0.2) is 0 Å². The predicted molar refractivity (Wildman–Crippen MR) is 63.5 cm³/mol. The molecule has 1 aliphatic rings. The third-order valence-corrected chi connectivity index (χ3v) is 3.70. The van der Waals surface area contributed by atoms with Gasteiger partial charge in [-0.15, -0.1) is 11.6 Å². The van der Waals surface area contributed by atoms with Crippen LogP contribution in [0.2, 0.25) is 0 Å². The molecule has 82 valence electrons. The summed E-state index contributed by atoms with van der Waals surface area (Å²) in [5.41, 5.74) is 2.76. The van der Waals surface area contributed by atoms with E-state index in [0.717, 1.165) is 26.1 Å². The summed E-state index contributed by atoms with van der Waals surface area (Å²) >= 11 is 6.30. The lowest BCUT2D eigenvalue weighted by Crippen LogP contribution is -2.29. The van der Waals surface area contributed by atoms with E-state index >= 15 is 0 Å². The molecule has 0 aromatic heterocycles. The Bertz CT molecular complexity index is 324. The molecule has 0 saturated carbocycles. The maximum Gasteiger partial charge on any atom is 0.0511 e. The Labute approximate surface area is 96.4 Å². The van der Waals surface area contributed by atoms with Crippen molar-refractivity contribution in [3.05, 3.63) is 35.4 Å². The molecule has 2 rings (SSSR count). The van der Waals surface area contributed by atoms with E-state index in [4.69, 9.17) is 16.3 Å². The first-order valence-corrected chi connectivity index (χ1v) is 5.97. The smallest absolute Gasteiger partial charge is 0.0511 e. The molecule has 2 heteroatoms. The van der Waals surface area contributed by atoms with Crippen molar-refractivity contribution in [1.82, 2.24) is 0 Å². The van der Waals surface area contributed by atoms with Gasteiger partial charge in [-0.05, 0) is 30.9 Å². The Morgan fingerprint density at radius 1 is 1.40 bits per heavy atom. The summed E-state index contributed by atoms with van der Waals surface area (Å²) in [6.07, 6.45) is 2.03. The average molecular weight is 225 g/mol. The highest BCUT2D eigenvalue weighted by atomic mass is 35.5. The highest BCUT2D eigenvalue weighted by Crippen LogP contribution is 2.25. The highest BCUT2D eigenvalue weighted by Gasteiger charge is 2.24. The van der Waals surface area contributed by atoms with Crippen LogP contribution < -0.4 is 0 Å². The molecule has 1 aromatic carbocycles. The molecular formula is C13H17ClO. The SMILES string of the molecule is Cc1ccccc1CC1COCCC1Cl. The van der Waals surface area contributed by atoms with Crippen LogP contribution in [0.1, 0.15) is 17.5 Å². The molecule has 0 spiro atoms. The summed E-state index contributed by atoms with van der Waals surface area (Å²) in [6.45, 7) is 3.78. The molecule has 0 N–H and O–H groups in total. The van der Waals surface area contributed by atoms with Gasteiger partial charge in [0.25, 0.3) is 0 Å². The average Bonchev–Trinajstić information content (AvgIpc) is 2.24. The van der Waals surface area contributed by atoms with E-state index in [1.807, 2.05) is 0 Å². The summed E-state index contributed by atoms with van der Waals surface area (Å²) in [5, 5.41) is 0.276. The number of alkyl halides is 1. The topological polar surface area (TPSA) is 9.23 Å². The molecule has 1 aliphatic heterocycles. The Morgan fingerprint density at radius 2 is 2.20 bits per heavy atom. The minimum atomic E-state index is 0.276. The fraction of sp³-hybridized carbons (Fsp3) is 0.538. The predicted octanol–water partition coefficient (Wildman–Crippen LogP) is 3.18. The first-order valence-electron chi connectivity index (χ1n) is 5.53. The zero-order valence-electron chi connectivity index (χ0n) is 9.08. The third kappa shape index (κ3) is 2.73. The zero-order chi connectivity index (χ0) is 10.7. The Kier molecular flexibility index (Phi) is 3.66. The van der Waals surface area contributed by atoms with Gasteiger partial charge in [0.1, 0.15) is 0 Å². The fourth-order valence-corrected chi connectivity index (χ4v) is 2.33. The molecular weight excluding hydrogens is 208 g/mol. The van der Waals surface area contributed by atoms with Crippen molar-refractivity contribution in [2.45, 2.75) is 25.1 Å². The van der Waals surface area contributed by atoms with Crippen molar-refractivity contribution in [3.8, 4) is 0 Å². The van der Waals surface area contributed by atoms with Gasteiger partial charge in [0, 0.05) is 17.9 Å². The van der Waals surface area contributed by atoms with E-state index in [9.17, 15) is 0 Å². The normalized spacial score (nSPS) is 26.5. The van der Waals surface area contributed by atoms with E-state index in [0.29, 0.717) is 5.92 Å². The van der Waals surface area contributed by atoms with E-state index in [-0.39, 0.29) is 5.38 Å². The maximum absolute atomic E-state index is 6.30. The van der Waals surface area contributed by atoms with Crippen LogP contribution >= 0.6 is 11.6 Å². The van der Waals surface area contributed by atoms with E-state index in [2.05, 4.69) is 31.2 Å². The highest BCUT2D eigenvalue weighted by molar-refractivity contribution is 6.20. The molecule has 0 aliphatic carbocycles. The Morgan fingerprint density at radius 3 is 2.93 bits per heavy atom. The maximum atomic E-state index is 6.30. The number of rotatable bonds is 2. The number of ether oxygens (including phenoxy) is 1. The van der Waals surface area contributed by atoms with Crippen molar-refractivity contribution < 1.29 is 4.74 Å². The summed E-state index contributed by atoms with van der Waals surface area (Å²) < 4.78 is 5.48. The second-order valence-corrected chi connectivity index (χ2v) is 4.83. The third-order valence-electron chi connectivity index (χ3n) is 3.12. The monoisotopic (exact) mass is 224 g/mol. The van der Waals surface area contributed by atoms with Gasteiger partial charge in [-0.25, -0.2) is 0 Å². The first-order chi connectivity index (χ1) is 7.27. The molecule has 1 saturated heterocycles. The van der Waals surface area contributed by atoms with Crippen molar-refractivity contribution in [2.24, 2.45) is 5.92 Å². The summed E-state index contributed by atoms with van der Waals surface area (Å²) in [7, 11) is 0. The second kappa shape index (κ2) is 5.00. The van der Waals surface area contributed by atoms with Gasteiger partial charge in [-0.3, -0.25) is 0 Å². The van der Waals surface area contributed by atoms with Gasteiger partial charge in [-0.2, -0.15) is 0 Å². The van der Waals surface area contributed by atoms with Crippen LogP contribution in [-0.4, -0.2) is 18.6 Å². The minimum absolute atomic E-state index is 0.276. The van der Waals surface area contributed by atoms with Crippen LogP contribution in [0.4, 0.5) is 0 Å². The molecule has 0 bridgehead atoms. The molecule has 1 aromatic rings. The molecule has 2 atom stereocenters. The van der Waals surface area contributed by atoms with Gasteiger partial charge >= 0.3 is 0 Å². The van der Waals surface area contributed by atoms with Gasteiger partial charge in [0.05, 0.1) is 6.61 Å². The van der Waals surface area contributed by atoms with Crippen LogP contribution in [0, 0.1) is 12.8 Å². The number of benzene rings is 1. The second-order valence-electron chi connectivity index (χ2n) is 4.27. The first kappa shape index (κ1) is 11.0. The number of halogens is 1. The largest absolute Gasteiger partial charge is 0.381 e. The van der Waals surface area contributed by atoms with E-state index < -0.39 is 0 Å². The lowest BCUT2D eigenvalue weighted by molar-refractivity contribution is 0.0577. The molecule has 0 radical (unpaired) electrons. The molecule has 1 nitrogen and oxygen atoms in total. The standard InChI is InChI=1S/C13H17ClO/c1-10-4-2-3-5-11(10)8-12-9-15-7-6-13(12)14/h2-5,12-13H,6-9H2,1H3. The fourth-order valence-electron chi connectivity index (χ4n) is 2.08. The molecule has 0 amide bonds. The minimum Gasteiger partial charge on any atom is -0.381 e. The zero-order valence-corrected chi connectivity index (χ0v) is 9.83. The van der Waals surface area contributed by atoms with Crippen molar-refractivity contribution in [2.75, 3.05) is 13.2 Å². The molecule has 1 heterocycles. The summed E-state index contributed by atoms with van der Waals surface area (Å²) in [4.78, 5) is 0. The van der Waals surface area contributed by atoms with Gasteiger partial charge < -0.3 is 4.74 Å². The van der Waals surface area contributed by atoms with Crippen LogP contribution in [0.15, 0.2) is 24.3 Å². The van der Waals surface area contributed by atoms with Gasteiger partial charge in [0.2, 0.25) is 0 Å². The van der Waals surface area contributed by atoms with Crippen molar-refractivity contribution in [3.63, 3.8) is 0 Å². The van der Waals surface area contributed by atoms with Crippen molar-refractivity contribution in [1.29, 1.82) is 0 Å². The lowest BCUT2D eigenvalue weighted by Gasteiger charge is -2.27. The number of aryl methyl sites for hydroxylation is 1. The number of hydrogen-bond donors (Lipinski definition) is 0. The van der Waals surface area contributed by atoms with Crippen molar-refractivity contribution >= 4 is 11.6 Å². The van der Waals surface area contributed by atoms with Crippen LogP contribution in [0.25, 0.3) is 0 Å².